The summed E-state index contributed by atoms with van der Waals surface area (Å²) in [6.45, 7) is 6.66. The maximum Gasteiger partial charge on any atom is 0.514 e. The van der Waals surface area contributed by atoms with Gasteiger partial charge in [0.2, 0.25) is 0 Å². The Morgan fingerprint density at radius 3 is 2.72 bits per heavy atom. The highest BCUT2D eigenvalue weighted by Crippen LogP contribution is 2.66. The lowest BCUT2D eigenvalue weighted by atomic mass is 9.54. The molecule has 3 heterocycles. The van der Waals surface area contributed by atoms with E-state index < -0.39 is 40.7 Å². The minimum absolute atomic E-state index is 0. The Bertz CT molecular complexity index is 1780. The van der Waals surface area contributed by atoms with E-state index in [0.717, 1.165) is 17.7 Å². The van der Waals surface area contributed by atoms with Crippen molar-refractivity contribution < 1.29 is 33.6 Å². The van der Waals surface area contributed by atoms with Crippen LogP contribution >= 0.6 is 11.6 Å². The number of aromatic nitrogens is 1. The molecule has 11 heteroatoms. The van der Waals surface area contributed by atoms with Crippen LogP contribution in [0, 0.1) is 12.8 Å². The molecular formula is C35H41ClN2O8. The second-order valence-electron chi connectivity index (χ2n) is 14.1. The maximum atomic E-state index is 13.1. The van der Waals surface area contributed by atoms with E-state index in [0.29, 0.717) is 59.5 Å². The first-order valence-electron chi connectivity index (χ1n) is 15.7. The molecule has 246 valence electrons. The van der Waals surface area contributed by atoms with Crippen molar-refractivity contribution in [3.63, 3.8) is 0 Å². The number of nitrogens with zero attached hydrogens (tertiary/aromatic N) is 2. The van der Waals surface area contributed by atoms with Crippen LogP contribution in [0.5, 0.6) is 11.5 Å². The molecule has 2 saturated carbocycles. The lowest BCUT2D eigenvalue weighted by Crippen LogP contribution is -2.67. The fourth-order valence-corrected chi connectivity index (χ4v) is 8.93. The quantitative estimate of drug-likeness (QED) is 0.262. The van der Waals surface area contributed by atoms with Crippen LogP contribution in [0.15, 0.2) is 45.6 Å². The van der Waals surface area contributed by atoms with E-state index in [1.807, 2.05) is 6.07 Å². The number of halogens is 1. The van der Waals surface area contributed by atoms with Gasteiger partial charge in [0.25, 0.3) is 0 Å². The van der Waals surface area contributed by atoms with E-state index in [9.17, 15) is 19.8 Å². The van der Waals surface area contributed by atoms with Crippen molar-refractivity contribution in [2.45, 2.75) is 95.1 Å². The van der Waals surface area contributed by atoms with Gasteiger partial charge in [-0.05, 0) is 82.6 Å². The highest BCUT2D eigenvalue weighted by molar-refractivity contribution is 6.30. The fraction of sp³-hybridized carbons (Fsp3) is 0.543. The summed E-state index contributed by atoms with van der Waals surface area (Å²) < 4.78 is 24.8. The molecule has 2 aromatic carbocycles. The molecule has 1 saturated heterocycles. The second-order valence-corrected chi connectivity index (χ2v) is 14.6. The molecule has 8 rings (SSSR count). The van der Waals surface area contributed by atoms with Gasteiger partial charge >= 0.3 is 11.9 Å². The number of carbonyl (C=O) groups excluding carboxylic acids is 1. The molecule has 2 aliphatic heterocycles. The Morgan fingerprint density at radius 2 is 1.98 bits per heavy atom. The summed E-state index contributed by atoms with van der Waals surface area (Å²) in [6, 6.07) is 10.6. The average Bonchev–Trinajstić information content (AvgIpc) is 3.62. The third-order valence-corrected chi connectivity index (χ3v) is 11.1. The van der Waals surface area contributed by atoms with Crippen molar-refractivity contribution in [1.82, 2.24) is 9.47 Å². The number of ether oxygens (including phenoxy) is 3. The van der Waals surface area contributed by atoms with Crippen LogP contribution in [0.2, 0.25) is 5.02 Å². The average molecular weight is 653 g/mol. The van der Waals surface area contributed by atoms with E-state index in [-0.39, 0.29) is 25.8 Å². The van der Waals surface area contributed by atoms with Crippen LogP contribution in [0.4, 0.5) is 4.79 Å². The van der Waals surface area contributed by atoms with Crippen molar-refractivity contribution in [1.29, 1.82) is 0 Å². The lowest BCUT2D eigenvalue weighted by molar-refractivity contribution is -0.138. The zero-order valence-corrected chi connectivity index (χ0v) is 26.3. The highest BCUT2D eigenvalue weighted by atomic mass is 35.5. The van der Waals surface area contributed by atoms with Gasteiger partial charge in [0.15, 0.2) is 17.3 Å². The Morgan fingerprint density at radius 1 is 1.20 bits per heavy atom. The maximum absolute atomic E-state index is 13.1. The molecule has 5 aliphatic rings. The molecule has 10 nitrogen and oxygen atoms in total. The highest BCUT2D eigenvalue weighted by Gasteiger charge is 2.75. The lowest BCUT2D eigenvalue weighted by Gasteiger charge is -2.52. The molecule has 3 aliphatic carbocycles. The Labute approximate surface area is 272 Å². The van der Waals surface area contributed by atoms with Crippen molar-refractivity contribution >= 4 is 17.8 Å². The van der Waals surface area contributed by atoms with E-state index in [1.54, 1.807) is 51.1 Å². The van der Waals surface area contributed by atoms with Crippen molar-refractivity contribution in [3.05, 3.63) is 68.8 Å². The normalized spacial score (nSPS) is 29.1. The van der Waals surface area contributed by atoms with Crippen LogP contribution in [0.3, 0.4) is 0 Å². The smallest absolute Gasteiger partial charge is 0.482 e. The van der Waals surface area contributed by atoms with Gasteiger partial charge < -0.3 is 28.8 Å². The molecule has 2 N–H and O–H groups in total. The van der Waals surface area contributed by atoms with Crippen LogP contribution in [0.1, 0.15) is 63.8 Å². The van der Waals surface area contributed by atoms with E-state index >= 15 is 0 Å². The number of aliphatic hydroxyl groups is 2. The first kappa shape index (κ1) is 31.3. The Kier molecular flexibility index (Phi) is 7.21. The van der Waals surface area contributed by atoms with Crippen molar-refractivity contribution in [2.75, 3.05) is 19.7 Å². The number of aliphatic hydroxyl groups excluding tert-OH is 1. The number of hydrogen-bond donors (Lipinski definition) is 2. The Balaban J connectivity index is 0.00000338. The standard InChI is InChI=1S/C34H37ClN2O8.CH4/c1-18-27(21-5-4-6-22(35)13-21)45-30(39)37(18)32(2,3)17-42-31(40)43-24-10-9-20-14-25-34(41)12-11-23(38)29-33(34,26(20)28(24)44-29)16-36(25)15-19-7-8-19;/h4-6,9-10,13,19,23,25,29,38,41H,7-8,11-12,14-17H2,1-3H3;1H4/t23?,25-,29?,33+,34-;/m1./s1. The SMILES string of the molecule is C.Cc1c(-c2cccc(Cl)c2)oc(=O)n1C(C)(C)COC(=O)Oc1ccc2c3c1OC1C(O)CC[C@@]4(O)[C@@H](C2)N(CC2CC2)C[C@]314. The predicted molar refractivity (Wildman–Crippen MR) is 171 cm³/mol. The molecule has 3 aromatic rings. The minimum atomic E-state index is -1.03. The third kappa shape index (κ3) is 4.40. The van der Waals surface area contributed by atoms with Gasteiger partial charge in [-0.3, -0.25) is 9.47 Å². The number of benzene rings is 2. The van der Waals surface area contributed by atoms with Crippen LogP contribution in [-0.2, 0) is 22.1 Å². The molecule has 0 amide bonds. The minimum Gasteiger partial charge on any atom is -0.482 e. The Hall–Kier alpha value is -3.31. The number of hydrogen-bond acceptors (Lipinski definition) is 9. The zero-order valence-electron chi connectivity index (χ0n) is 25.5. The van der Waals surface area contributed by atoms with Gasteiger partial charge in [0.1, 0.15) is 12.7 Å². The van der Waals surface area contributed by atoms with Gasteiger partial charge in [-0.2, -0.15) is 0 Å². The summed E-state index contributed by atoms with van der Waals surface area (Å²) in [4.78, 5) is 28.5. The first-order chi connectivity index (χ1) is 21.4. The van der Waals surface area contributed by atoms with Crippen molar-refractivity contribution in [2.24, 2.45) is 5.92 Å². The largest absolute Gasteiger partial charge is 0.514 e. The second kappa shape index (κ2) is 10.6. The number of likely N-dealkylation sites (tertiary alicyclic amines) is 1. The van der Waals surface area contributed by atoms with E-state index in [2.05, 4.69) is 4.90 Å². The summed E-state index contributed by atoms with van der Waals surface area (Å²) in [6.07, 6.45) is 1.69. The molecule has 46 heavy (non-hydrogen) atoms. The first-order valence-corrected chi connectivity index (χ1v) is 16.1. The number of carbonyl (C=O) groups is 1. The summed E-state index contributed by atoms with van der Waals surface area (Å²) in [7, 11) is 0. The molecule has 0 radical (unpaired) electrons. The summed E-state index contributed by atoms with van der Waals surface area (Å²) in [5.41, 5.74) is 0.344. The fourth-order valence-electron chi connectivity index (χ4n) is 8.74. The van der Waals surface area contributed by atoms with Crippen LogP contribution < -0.4 is 15.2 Å². The summed E-state index contributed by atoms with van der Waals surface area (Å²) in [5, 5.41) is 24.0. The third-order valence-electron chi connectivity index (χ3n) is 10.8. The number of rotatable bonds is 7. The molecule has 3 fully saturated rings. The molecule has 5 atom stereocenters. The van der Waals surface area contributed by atoms with Crippen LogP contribution in [-0.4, -0.2) is 69.4 Å². The van der Waals surface area contributed by atoms with Gasteiger partial charge in [0.05, 0.1) is 28.4 Å². The van der Waals surface area contributed by atoms with E-state index in [4.69, 9.17) is 30.2 Å². The van der Waals surface area contributed by atoms with Crippen LogP contribution in [0.25, 0.3) is 11.3 Å². The molecule has 2 bridgehead atoms. The molecule has 2 unspecified atom stereocenters. The summed E-state index contributed by atoms with van der Waals surface area (Å²) >= 11 is 6.15. The van der Waals surface area contributed by atoms with E-state index in [1.165, 1.54) is 17.4 Å². The predicted octanol–water partition coefficient (Wildman–Crippen LogP) is 5.19. The molecule has 1 aromatic heterocycles. The molecular weight excluding hydrogens is 612 g/mol. The monoisotopic (exact) mass is 652 g/mol. The zero-order chi connectivity index (χ0) is 31.5. The molecule has 1 spiro atoms. The van der Waals surface area contributed by atoms with Gasteiger partial charge in [-0.25, -0.2) is 9.59 Å². The van der Waals surface area contributed by atoms with Gasteiger partial charge in [-0.1, -0.05) is 37.2 Å². The number of oxazole rings is 1. The van der Waals surface area contributed by atoms with Gasteiger partial charge in [0, 0.05) is 35.3 Å². The topological polar surface area (TPSA) is 124 Å². The van der Waals surface area contributed by atoms with Crippen molar-refractivity contribution in [3.8, 4) is 22.8 Å². The van der Waals surface area contributed by atoms with Gasteiger partial charge in [-0.15, -0.1) is 0 Å². The summed E-state index contributed by atoms with van der Waals surface area (Å²) in [5.74, 6) is 1.04.